The average molecular weight is 346 g/mol. The third-order valence-corrected chi connectivity index (χ3v) is 5.37. The maximum Gasteiger partial charge on any atom is 0.317 e. The number of likely N-dealkylation sites (tertiary alicyclic amines) is 1. The van der Waals surface area contributed by atoms with E-state index < -0.39 is 0 Å². The molecule has 0 radical (unpaired) electrons. The van der Waals surface area contributed by atoms with Gasteiger partial charge in [0.1, 0.15) is 5.75 Å². The van der Waals surface area contributed by atoms with Crippen molar-refractivity contribution in [3.05, 3.63) is 29.8 Å². The normalized spacial score (nSPS) is 20.7. The molecule has 1 atom stereocenters. The summed E-state index contributed by atoms with van der Waals surface area (Å²) in [5.41, 5.74) is 1.37. The van der Waals surface area contributed by atoms with Crippen LogP contribution in [-0.4, -0.2) is 43.3 Å². The second-order valence-corrected chi connectivity index (χ2v) is 7.69. The summed E-state index contributed by atoms with van der Waals surface area (Å²) in [4.78, 5) is 14.6. The predicted molar refractivity (Wildman–Crippen MR) is 97.8 cm³/mol. The molecule has 2 amide bonds. The molecule has 5 heteroatoms. The van der Waals surface area contributed by atoms with Gasteiger partial charge < -0.3 is 19.7 Å². The molecule has 0 aliphatic carbocycles. The van der Waals surface area contributed by atoms with Crippen LogP contribution in [0, 0.1) is 5.41 Å². The average Bonchev–Trinajstić information content (AvgIpc) is 2.99. The van der Waals surface area contributed by atoms with Crippen LogP contribution in [0.15, 0.2) is 24.3 Å². The summed E-state index contributed by atoms with van der Waals surface area (Å²) in [5.74, 6) is 0.860. The first kappa shape index (κ1) is 18.1. The van der Waals surface area contributed by atoms with E-state index in [1.807, 2.05) is 49.9 Å². The van der Waals surface area contributed by atoms with Crippen LogP contribution in [0.3, 0.4) is 0 Å². The lowest BCUT2D eigenvalue weighted by Gasteiger charge is -2.33. The van der Waals surface area contributed by atoms with E-state index >= 15 is 0 Å². The van der Waals surface area contributed by atoms with E-state index in [2.05, 4.69) is 5.32 Å². The molecular formula is C20H30N2O3. The van der Waals surface area contributed by atoms with Crippen molar-refractivity contribution in [3.63, 3.8) is 0 Å². The molecule has 1 N–H and O–H groups in total. The van der Waals surface area contributed by atoms with Crippen molar-refractivity contribution in [1.29, 1.82) is 0 Å². The lowest BCUT2D eigenvalue weighted by Crippen LogP contribution is -2.41. The highest BCUT2D eigenvalue weighted by molar-refractivity contribution is 5.75. The molecule has 1 spiro atoms. The number of carbonyl (C=O) groups excluding carboxylic acids is 1. The molecule has 3 rings (SSSR count). The van der Waals surface area contributed by atoms with Gasteiger partial charge in [-0.25, -0.2) is 4.79 Å². The van der Waals surface area contributed by atoms with Gasteiger partial charge in [-0.1, -0.05) is 12.1 Å². The minimum atomic E-state index is -0.0214. The smallest absolute Gasteiger partial charge is 0.317 e. The molecule has 1 aromatic rings. The Balaban J connectivity index is 1.54. The zero-order valence-electron chi connectivity index (χ0n) is 15.6. The van der Waals surface area contributed by atoms with Gasteiger partial charge in [-0.05, 0) is 63.1 Å². The van der Waals surface area contributed by atoms with Crippen LogP contribution >= 0.6 is 0 Å². The van der Waals surface area contributed by atoms with Crippen LogP contribution in [-0.2, 0) is 4.74 Å². The Morgan fingerprint density at radius 1 is 1.16 bits per heavy atom. The fourth-order valence-corrected chi connectivity index (χ4v) is 3.79. The molecule has 2 heterocycles. The number of hydrogen-bond donors (Lipinski definition) is 1. The molecule has 1 aromatic carbocycles. The van der Waals surface area contributed by atoms with Crippen molar-refractivity contribution in [2.45, 2.75) is 52.2 Å². The highest BCUT2D eigenvalue weighted by Gasteiger charge is 2.41. The van der Waals surface area contributed by atoms with E-state index in [4.69, 9.17) is 9.47 Å². The van der Waals surface area contributed by atoms with Gasteiger partial charge in [0.15, 0.2) is 0 Å². The summed E-state index contributed by atoms with van der Waals surface area (Å²) in [7, 11) is 0. The predicted octanol–water partition coefficient (Wildman–Crippen LogP) is 3.75. The SMILES string of the molecule is CC(C)Oc1ccc(C(C)NC(=O)N2CCC3(CCOCC3)C2)cc1. The number of nitrogens with zero attached hydrogens (tertiary/aromatic N) is 1. The lowest BCUT2D eigenvalue weighted by atomic mass is 9.80. The molecule has 138 valence electrons. The van der Waals surface area contributed by atoms with Crippen molar-refractivity contribution in [2.75, 3.05) is 26.3 Å². The summed E-state index contributed by atoms with van der Waals surface area (Å²) in [6.45, 7) is 9.41. The number of hydrogen-bond acceptors (Lipinski definition) is 3. The summed E-state index contributed by atoms with van der Waals surface area (Å²) in [6.07, 6.45) is 3.41. The summed E-state index contributed by atoms with van der Waals surface area (Å²) >= 11 is 0. The first-order valence-electron chi connectivity index (χ1n) is 9.37. The second kappa shape index (κ2) is 7.65. The molecule has 2 aliphatic rings. The number of nitrogens with one attached hydrogen (secondary N) is 1. The molecule has 0 saturated carbocycles. The summed E-state index contributed by atoms with van der Waals surface area (Å²) in [5, 5.41) is 3.14. The number of rotatable bonds is 4. The highest BCUT2D eigenvalue weighted by Crippen LogP contribution is 2.39. The minimum absolute atomic E-state index is 0.0214. The second-order valence-electron chi connectivity index (χ2n) is 7.69. The standard InChI is InChI=1S/C20H30N2O3/c1-15(2)25-18-6-4-17(5-7-18)16(3)21-19(23)22-11-8-20(14-22)9-12-24-13-10-20/h4-7,15-16H,8-14H2,1-3H3,(H,21,23). The van der Waals surface area contributed by atoms with Crippen LogP contribution in [0.4, 0.5) is 4.79 Å². The minimum Gasteiger partial charge on any atom is -0.491 e. The van der Waals surface area contributed by atoms with Gasteiger partial charge in [0, 0.05) is 26.3 Å². The monoisotopic (exact) mass is 346 g/mol. The zero-order chi connectivity index (χ0) is 17.9. The molecule has 1 unspecified atom stereocenters. The Bertz CT molecular complexity index is 579. The molecular weight excluding hydrogens is 316 g/mol. The van der Waals surface area contributed by atoms with E-state index in [9.17, 15) is 4.79 Å². The number of ether oxygens (including phenoxy) is 2. The van der Waals surface area contributed by atoms with Crippen molar-refractivity contribution in [1.82, 2.24) is 10.2 Å². The van der Waals surface area contributed by atoms with Crippen molar-refractivity contribution < 1.29 is 14.3 Å². The number of urea groups is 1. The fourth-order valence-electron chi connectivity index (χ4n) is 3.79. The van der Waals surface area contributed by atoms with E-state index in [0.717, 1.165) is 56.9 Å². The largest absolute Gasteiger partial charge is 0.491 e. The first-order chi connectivity index (χ1) is 12.0. The van der Waals surface area contributed by atoms with E-state index in [1.54, 1.807) is 0 Å². The van der Waals surface area contributed by atoms with Crippen LogP contribution in [0.5, 0.6) is 5.75 Å². The summed E-state index contributed by atoms with van der Waals surface area (Å²) in [6, 6.07) is 7.99. The van der Waals surface area contributed by atoms with Gasteiger partial charge >= 0.3 is 6.03 Å². The third-order valence-electron chi connectivity index (χ3n) is 5.37. The quantitative estimate of drug-likeness (QED) is 0.903. The Morgan fingerprint density at radius 2 is 1.84 bits per heavy atom. The maximum atomic E-state index is 12.6. The van der Waals surface area contributed by atoms with Gasteiger partial charge in [-0.2, -0.15) is 0 Å². The number of carbonyl (C=O) groups is 1. The lowest BCUT2D eigenvalue weighted by molar-refractivity contribution is 0.0208. The van der Waals surface area contributed by atoms with E-state index in [-0.39, 0.29) is 23.6 Å². The topological polar surface area (TPSA) is 50.8 Å². The van der Waals surface area contributed by atoms with E-state index in [1.165, 1.54) is 0 Å². The molecule has 0 aromatic heterocycles. The van der Waals surface area contributed by atoms with Crippen molar-refractivity contribution in [2.24, 2.45) is 5.41 Å². The van der Waals surface area contributed by atoms with Gasteiger partial charge in [0.05, 0.1) is 12.1 Å². The first-order valence-corrected chi connectivity index (χ1v) is 9.37. The molecule has 2 fully saturated rings. The molecule has 2 aliphatic heterocycles. The fraction of sp³-hybridized carbons (Fsp3) is 0.650. The van der Waals surface area contributed by atoms with Crippen molar-refractivity contribution >= 4 is 6.03 Å². The Kier molecular flexibility index (Phi) is 5.52. The summed E-state index contributed by atoms with van der Waals surface area (Å²) < 4.78 is 11.1. The molecule has 25 heavy (non-hydrogen) atoms. The van der Waals surface area contributed by atoms with Crippen LogP contribution in [0.2, 0.25) is 0 Å². The van der Waals surface area contributed by atoms with Crippen LogP contribution in [0.25, 0.3) is 0 Å². The van der Waals surface area contributed by atoms with Gasteiger partial charge in [0.25, 0.3) is 0 Å². The zero-order valence-corrected chi connectivity index (χ0v) is 15.6. The maximum absolute atomic E-state index is 12.6. The van der Waals surface area contributed by atoms with Crippen LogP contribution in [0.1, 0.15) is 51.6 Å². The van der Waals surface area contributed by atoms with E-state index in [0.29, 0.717) is 0 Å². The third kappa shape index (κ3) is 4.46. The Labute approximate surface area is 150 Å². The number of amides is 2. The van der Waals surface area contributed by atoms with Gasteiger partial charge in [-0.3, -0.25) is 0 Å². The van der Waals surface area contributed by atoms with Gasteiger partial charge in [0.2, 0.25) is 0 Å². The van der Waals surface area contributed by atoms with Crippen molar-refractivity contribution in [3.8, 4) is 5.75 Å². The molecule has 0 bridgehead atoms. The Morgan fingerprint density at radius 3 is 2.48 bits per heavy atom. The highest BCUT2D eigenvalue weighted by atomic mass is 16.5. The molecule has 5 nitrogen and oxygen atoms in total. The number of benzene rings is 1. The molecule has 2 saturated heterocycles. The van der Waals surface area contributed by atoms with Crippen LogP contribution < -0.4 is 10.1 Å². The Hall–Kier alpha value is -1.75. The van der Waals surface area contributed by atoms with Gasteiger partial charge in [-0.15, -0.1) is 0 Å².